The number of rotatable bonds is 3. The van der Waals surface area contributed by atoms with E-state index in [0.717, 1.165) is 11.4 Å². The number of amides is 1. The van der Waals surface area contributed by atoms with Gasteiger partial charge in [-0.25, -0.2) is 9.50 Å². The number of nitrogens with one attached hydrogen (secondary N) is 1. The standard InChI is InChI=1S/C16H15N5O3/c1-9-5-10(2)21-16(17-9)19-14(20-21)7-15(22)18-11-3-4-12-13(6-11)24-8-23-12/h3-6H,7-8H2,1-2H3,(H,18,22). The summed E-state index contributed by atoms with van der Waals surface area (Å²) in [6.45, 7) is 4.02. The van der Waals surface area contributed by atoms with Crippen molar-refractivity contribution < 1.29 is 14.3 Å². The Kier molecular flexibility index (Phi) is 3.30. The van der Waals surface area contributed by atoms with Crippen molar-refractivity contribution >= 4 is 17.4 Å². The molecule has 0 spiro atoms. The van der Waals surface area contributed by atoms with E-state index in [2.05, 4.69) is 20.4 Å². The summed E-state index contributed by atoms with van der Waals surface area (Å²) in [5, 5.41) is 7.14. The van der Waals surface area contributed by atoms with Crippen molar-refractivity contribution in [3.8, 4) is 11.5 Å². The average molecular weight is 325 g/mol. The second-order valence-corrected chi connectivity index (χ2v) is 5.57. The lowest BCUT2D eigenvalue weighted by molar-refractivity contribution is -0.115. The van der Waals surface area contributed by atoms with E-state index in [9.17, 15) is 4.79 Å². The zero-order chi connectivity index (χ0) is 16.7. The van der Waals surface area contributed by atoms with Crippen LogP contribution in [0.15, 0.2) is 24.3 Å². The predicted molar refractivity (Wildman–Crippen MR) is 85.2 cm³/mol. The molecular formula is C16H15N5O3. The van der Waals surface area contributed by atoms with Gasteiger partial charge in [0.2, 0.25) is 12.7 Å². The molecule has 24 heavy (non-hydrogen) atoms. The van der Waals surface area contributed by atoms with Gasteiger partial charge < -0.3 is 14.8 Å². The maximum Gasteiger partial charge on any atom is 0.252 e. The molecule has 0 saturated heterocycles. The third kappa shape index (κ3) is 2.62. The summed E-state index contributed by atoms with van der Waals surface area (Å²) in [6, 6.07) is 7.17. The number of hydrogen-bond donors (Lipinski definition) is 1. The zero-order valence-corrected chi connectivity index (χ0v) is 13.2. The monoisotopic (exact) mass is 325 g/mol. The normalized spacial score (nSPS) is 12.6. The van der Waals surface area contributed by atoms with E-state index in [-0.39, 0.29) is 19.1 Å². The quantitative estimate of drug-likeness (QED) is 0.787. The van der Waals surface area contributed by atoms with E-state index < -0.39 is 0 Å². The fraction of sp³-hybridized carbons (Fsp3) is 0.250. The lowest BCUT2D eigenvalue weighted by Gasteiger charge is -2.04. The van der Waals surface area contributed by atoms with E-state index in [1.165, 1.54) is 0 Å². The third-order valence-corrected chi connectivity index (χ3v) is 3.64. The number of ether oxygens (including phenoxy) is 2. The van der Waals surface area contributed by atoms with Crippen LogP contribution in [0.4, 0.5) is 5.69 Å². The Balaban J connectivity index is 1.51. The minimum absolute atomic E-state index is 0.0658. The topological polar surface area (TPSA) is 90.6 Å². The molecule has 0 unspecified atom stereocenters. The van der Waals surface area contributed by atoms with Gasteiger partial charge in [-0.15, -0.1) is 5.10 Å². The third-order valence-electron chi connectivity index (χ3n) is 3.64. The van der Waals surface area contributed by atoms with Crippen LogP contribution in [0.3, 0.4) is 0 Å². The predicted octanol–water partition coefficient (Wildman–Crippen LogP) is 1.65. The molecule has 1 N–H and O–H groups in total. The fourth-order valence-electron chi connectivity index (χ4n) is 2.61. The number of fused-ring (bicyclic) bond motifs is 2. The van der Waals surface area contributed by atoms with Crippen molar-refractivity contribution in [2.75, 3.05) is 12.1 Å². The molecule has 0 bridgehead atoms. The first-order valence-corrected chi connectivity index (χ1v) is 7.48. The molecule has 4 rings (SSSR count). The number of benzene rings is 1. The lowest BCUT2D eigenvalue weighted by atomic mass is 10.2. The summed E-state index contributed by atoms with van der Waals surface area (Å²) >= 11 is 0. The highest BCUT2D eigenvalue weighted by Gasteiger charge is 2.15. The second kappa shape index (κ2) is 5.48. The van der Waals surface area contributed by atoms with Crippen molar-refractivity contribution in [3.05, 3.63) is 41.5 Å². The minimum atomic E-state index is -0.209. The average Bonchev–Trinajstić information content (AvgIpc) is 3.12. The largest absolute Gasteiger partial charge is 0.454 e. The fourth-order valence-corrected chi connectivity index (χ4v) is 2.61. The van der Waals surface area contributed by atoms with E-state index >= 15 is 0 Å². The Bertz CT molecular complexity index is 950. The van der Waals surface area contributed by atoms with Crippen molar-refractivity contribution in [1.29, 1.82) is 0 Å². The van der Waals surface area contributed by atoms with Gasteiger partial charge in [-0.3, -0.25) is 4.79 Å². The highest BCUT2D eigenvalue weighted by atomic mass is 16.7. The summed E-state index contributed by atoms with van der Waals surface area (Å²) < 4.78 is 12.2. The van der Waals surface area contributed by atoms with Crippen LogP contribution in [0.5, 0.6) is 11.5 Å². The first-order chi connectivity index (χ1) is 11.6. The van der Waals surface area contributed by atoms with E-state index in [1.807, 2.05) is 19.9 Å². The number of carbonyl (C=O) groups is 1. The molecule has 2 aromatic heterocycles. The minimum Gasteiger partial charge on any atom is -0.454 e. The van der Waals surface area contributed by atoms with Gasteiger partial charge in [-0.05, 0) is 32.0 Å². The Morgan fingerprint density at radius 2 is 2.04 bits per heavy atom. The smallest absolute Gasteiger partial charge is 0.252 e. The Morgan fingerprint density at radius 3 is 2.92 bits per heavy atom. The van der Waals surface area contributed by atoms with Crippen molar-refractivity contribution in [3.63, 3.8) is 0 Å². The molecule has 1 aliphatic heterocycles. The number of carbonyl (C=O) groups excluding carboxylic acids is 1. The first kappa shape index (κ1) is 14.4. The highest BCUT2D eigenvalue weighted by molar-refractivity contribution is 5.92. The van der Waals surface area contributed by atoms with Crippen LogP contribution in [0.1, 0.15) is 17.2 Å². The molecule has 0 atom stereocenters. The Hall–Kier alpha value is -3.16. The zero-order valence-electron chi connectivity index (χ0n) is 13.2. The summed E-state index contributed by atoms with van der Waals surface area (Å²) in [4.78, 5) is 20.8. The molecular weight excluding hydrogens is 310 g/mol. The summed E-state index contributed by atoms with van der Waals surface area (Å²) in [5.41, 5.74) is 2.43. The summed E-state index contributed by atoms with van der Waals surface area (Å²) in [6.07, 6.45) is 0.0658. The molecule has 3 aromatic rings. The Labute approximate surface area is 137 Å². The molecule has 122 valence electrons. The summed E-state index contributed by atoms with van der Waals surface area (Å²) in [5.74, 6) is 2.01. The number of hydrogen-bond acceptors (Lipinski definition) is 6. The van der Waals surface area contributed by atoms with Gasteiger partial charge in [-0.2, -0.15) is 4.98 Å². The van der Waals surface area contributed by atoms with Gasteiger partial charge in [0.05, 0.1) is 6.42 Å². The molecule has 0 radical (unpaired) electrons. The van der Waals surface area contributed by atoms with E-state index in [4.69, 9.17) is 9.47 Å². The van der Waals surface area contributed by atoms with Crippen molar-refractivity contribution in [2.24, 2.45) is 0 Å². The van der Waals surface area contributed by atoms with E-state index in [1.54, 1.807) is 22.7 Å². The maximum atomic E-state index is 12.2. The second-order valence-electron chi connectivity index (χ2n) is 5.57. The van der Waals surface area contributed by atoms with Gasteiger partial charge in [0.25, 0.3) is 5.78 Å². The molecule has 8 heteroatoms. The van der Waals surface area contributed by atoms with Crippen LogP contribution in [0, 0.1) is 13.8 Å². The van der Waals surface area contributed by atoms with Crippen molar-refractivity contribution in [2.45, 2.75) is 20.3 Å². The lowest BCUT2D eigenvalue weighted by Crippen LogP contribution is -2.15. The molecule has 0 fully saturated rings. The molecule has 1 aliphatic rings. The van der Waals surface area contributed by atoms with Crippen LogP contribution in [0.25, 0.3) is 5.78 Å². The Morgan fingerprint density at radius 1 is 1.21 bits per heavy atom. The number of aromatic nitrogens is 4. The van der Waals surface area contributed by atoms with Gasteiger partial charge in [0, 0.05) is 23.1 Å². The van der Waals surface area contributed by atoms with Crippen LogP contribution < -0.4 is 14.8 Å². The van der Waals surface area contributed by atoms with Gasteiger partial charge in [0.15, 0.2) is 17.3 Å². The van der Waals surface area contributed by atoms with Gasteiger partial charge in [-0.1, -0.05) is 0 Å². The number of anilines is 1. The molecule has 3 heterocycles. The molecule has 0 aliphatic carbocycles. The molecule has 0 saturated carbocycles. The van der Waals surface area contributed by atoms with Crippen LogP contribution in [-0.4, -0.2) is 32.3 Å². The molecule has 1 aromatic carbocycles. The van der Waals surface area contributed by atoms with Crippen molar-refractivity contribution in [1.82, 2.24) is 19.6 Å². The van der Waals surface area contributed by atoms with Crippen LogP contribution in [-0.2, 0) is 11.2 Å². The number of nitrogens with zero attached hydrogens (tertiary/aromatic N) is 4. The van der Waals surface area contributed by atoms with Crippen LogP contribution >= 0.6 is 0 Å². The molecule has 8 nitrogen and oxygen atoms in total. The number of aryl methyl sites for hydroxylation is 2. The molecule has 1 amide bonds. The maximum absolute atomic E-state index is 12.2. The van der Waals surface area contributed by atoms with Gasteiger partial charge >= 0.3 is 0 Å². The van der Waals surface area contributed by atoms with Crippen LogP contribution in [0.2, 0.25) is 0 Å². The van der Waals surface area contributed by atoms with Gasteiger partial charge in [0.1, 0.15) is 0 Å². The highest BCUT2D eigenvalue weighted by Crippen LogP contribution is 2.34. The first-order valence-electron chi connectivity index (χ1n) is 7.48. The SMILES string of the molecule is Cc1cc(C)n2nc(CC(=O)Nc3ccc4c(c3)OCO4)nc2n1. The van der Waals surface area contributed by atoms with E-state index in [0.29, 0.717) is 28.8 Å². The summed E-state index contributed by atoms with van der Waals surface area (Å²) in [7, 11) is 0.